The van der Waals surface area contributed by atoms with Gasteiger partial charge in [-0.2, -0.15) is 0 Å². The first kappa shape index (κ1) is 21.0. The van der Waals surface area contributed by atoms with Gasteiger partial charge in [0, 0.05) is 70.4 Å². The SMILES string of the molecule is CN=C(NCCc1c[nH]c2ccccc12)NCC1(OC)CCOCC1.I. The molecule has 2 aromatic rings. The summed E-state index contributed by atoms with van der Waals surface area (Å²) in [5.74, 6) is 0.808. The Balaban J connectivity index is 0.00000243. The normalized spacial score (nSPS) is 16.9. The number of rotatable bonds is 6. The lowest BCUT2D eigenvalue weighted by Crippen LogP contribution is -2.51. The number of guanidine groups is 1. The Morgan fingerprint density at radius 3 is 2.77 bits per heavy atom. The van der Waals surface area contributed by atoms with Gasteiger partial charge in [-0.25, -0.2) is 0 Å². The molecule has 3 N–H and O–H groups in total. The highest BCUT2D eigenvalue weighted by molar-refractivity contribution is 14.0. The van der Waals surface area contributed by atoms with E-state index in [0.717, 1.165) is 51.5 Å². The largest absolute Gasteiger partial charge is 0.381 e. The van der Waals surface area contributed by atoms with E-state index in [1.807, 2.05) is 0 Å². The molecule has 1 aromatic heterocycles. The summed E-state index contributed by atoms with van der Waals surface area (Å²) in [5, 5.41) is 8.08. The molecule has 26 heavy (non-hydrogen) atoms. The summed E-state index contributed by atoms with van der Waals surface area (Å²) in [4.78, 5) is 7.64. The highest BCUT2D eigenvalue weighted by Gasteiger charge is 2.32. The number of H-pyrrole nitrogens is 1. The number of hydrogen-bond donors (Lipinski definition) is 3. The van der Waals surface area contributed by atoms with Crippen molar-refractivity contribution in [1.29, 1.82) is 0 Å². The van der Waals surface area contributed by atoms with E-state index in [4.69, 9.17) is 9.47 Å². The van der Waals surface area contributed by atoms with E-state index in [2.05, 4.69) is 51.1 Å². The van der Waals surface area contributed by atoms with Gasteiger partial charge < -0.3 is 25.1 Å². The van der Waals surface area contributed by atoms with Crippen LogP contribution in [0, 0.1) is 0 Å². The zero-order chi connectivity index (χ0) is 17.5. The number of fused-ring (bicyclic) bond motifs is 1. The van der Waals surface area contributed by atoms with E-state index in [9.17, 15) is 0 Å². The lowest BCUT2D eigenvalue weighted by Gasteiger charge is -2.36. The lowest BCUT2D eigenvalue weighted by atomic mass is 9.94. The smallest absolute Gasteiger partial charge is 0.191 e. The number of methoxy groups -OCH3 is 1. The third-order valence-electron chi connectivity index (χ3n) is 5.00. The molecule has 0 spiro atoms. The fraction of sp³-hybridized carbons (Fsp3) is 0.526. The summed E-state index contributed by atoms with van der Waals surface area (Å²) < 4.78 is 11.2. The van der Waals surface area contributed by atoms with Gasteiger partial charge in [0.25, 0.3) is 0 Å². The van der Waals surface area contributed by atoms with Gasteiger partial charge in [-0.05, 0) is 18.1 Å². The average Bonchev–Trinajstić information content (AvgIpc) is 3.08. The minimum Gasteiger partial charge on any atom is -0.381 e. The number of aromatic amines is 1. The van der Waals surface area contributed by atoms with Gasteiger partial charge in [-0.15, -0.1) is 24.0 Å². The van der Waals surface area contributed by atoms with Crippen LogP contribution in [0.25, 0.3) is 10.9 Å². The molecule has 0 amide bonds. The molecule has 0 atom stereocenters. The van der Waals surface area contributed by atoms with Gasteiger partial charge >= 0.3 is 0 Å². The van der Waals surface area contributed by atoms with E-state index >= 15 is 0 Å². The van der Waals surface area contributed by atoms with Gasteiger partial charge in [-0.3, -0.25) is 4.99 Å². The van der Waals surface area contributed by atoms with Gasteiger partial charge in [0.15, 0.2) is 5.96 Å². The summed E-state index contributed by atoms with van der Waals surface area (Å²) in [6.45, 7) is 3.06. The molecule has 1 fully saturated rings. The Hall–Kier alpha value is -1.32. The number of hydrogen-bond acceptors (Lipinski definition) is 3. The van der Waals surface area contributed by atoms with Crippen LogP contribution >= 0.6 is 24.0 Å². The first-order valence-electron chi connectivity index (χ1n) is 8.89. The van der Waals surface area contributed by atoms with Gasteiger partial charge in [0.1, 0.15) is 0 Å². The van der Waals surface area contributed by atoms with E-state index in [-0.39, 0.29) is 29.6 Å². The maximum atomic E-state index is 5.76. The summed E-state index contributed by atoms with van der Waals surface area (Å²) in [5.41, 5.74) is 2.34. The van der Waals surface area contributed by atoms with Crippen LogP contribution in [-0.2, 0) is 15.9 Å². The molecule has 1 aliphatic rings. The molecule has 6 nitrogen and oxygen atoms in total. The quantitative estimate of drug-likeness (QED) is 0.344. The highest BCUT2D eigenvalue weighted by atomic mass is 127. The Labute approximate surface area is 172 Å². The first-order valence-corrected chi connectivity index (χ1v) is 8.89. The van der Waals surface area contributed by atoms with Crippen LogP contribution < -0.4 is 10.6 Å². The number of benzene rings is 1. The molecule has 0 saturated carbocycles. The van der Waals surface area contributed by atoms with Crippen LogP contribution in [0.2, 0.25) is 0 Å². The molecular formula is C19H29IN4O2. The van der Waals surface area contributed by atoms with E-state index in [0.29, 0.717) is 0 Å². The highest BCUT2D eigenvalue weighted by Crippen LogP contribution is 2.23. The zero-order valence-electron chi connectivity index (χ0n) is 15.5. The van der Waals surface area contributed by atoms with Crippen LogP contribution in [0.15, 0.2) is 35.5 Å². The minimum absolute atomic E-state index is 0. The number of aromatic nitrogens is 1. The summed E-state index contributed by atoms with van der Waals surface area (Å²) in [6.07, 6.45) is 4.84. The van der Waals surface area contributed by atoms with Gasteiger partial charge in [0.2, 0.25) is 0 Å². The second kappa shape index (κ2) is 10.1. The van der Waals surface area contributed by atoms with E-state index < -0.39 is 0 Å². The molecule has 1 saturated heterocycles. The fourth-order valence-corrected chi connectivity index (χ4v) is 3.32. The van der Waals surface area contributed by atoms with Crippen LogP contribution in [0.5, 0.6) is 0 Å². The van der Waals surface area contributed by atoms with Gasteiger partial charge in [0.05, 0.1) is 5.60 Å². The average molecular weight is 472 g/mol. The topological polar surface area (TPSA) is 70.7 Å². The molecule has 7 heteroatoms. The molecule has 0 bridgehead atoms. The molecule has 0 aliphatic carbocycles. The monoisotopic (exact) mass is 472 g/mol. The molecule has 2 heterocycles. The molecule has 0 unspecified atom stereocenters. The number of nitrogens with one attached hydrogen (secondary N) is 3. The fourth-order valence-electron chi connectivity index (χ4n) is 3.32. The third-order valence-corrected chi connectivity index (χ3v) is 5.00. The molecule has 144 valence electrons. The van der Waals surface area contributed by atoms with Crippen molar-refractivity contribution in [3.8, 4) is 0 Å². The maximum Gasteiger partial charge on any atom is 0.191 e. The summed E-state index contributed by atoms with van der Waals surface area (Å²) in [7, 11) is 3.57. The molecule has 0 radical (unpaired) electrons. The Morgan fingerprint density at radius 1 is 1.27 bits per heavy atom. The van der Waals surface area contributed by atoms with Crippen LogP contribution in [-0.4, -0.2) is 57.0 Å². The molecule has 3 rings (SSSR count). The standard InChI is InChI=1S/C19H28N4O2.HI/c1-20-18(23-14-19(24-2)8-11-25-12-9-19)21-10-7-15-13-22-17-6-4-3-5-16(15)17;/h3-6,13,22H,7-12,14H2,1-2H3,(H2,20,21,23);1H. The van der Waals surface area contributed by atoms with Gasteiger partial charge in [-0.1, -0.05) is 18.2 Å². The number of nitrogens with zero attached hydrogens (tertiary/aromatic N) is 1. The molecule has 1 aliphatic heterocycles. The minimum atomic E-state index is -0.160. The number of aliphatic imine (C=N–C) groups is 1. The summed E-state index contributed by atoms with van der Waals surface area (Å²) >= 11 is 0. The van der Waals surface area contributed by atoms with Crippen LogP contribution in [0.1, 0.15) is 18.4 Å². The first-order chi connectivity index (χ1) is 12.3. The predicted molar refractivity (Wildman–Crippen MR) is 117 cm³/mol. The Kier molecular flexibility index (Phi) is 8.17. The second-order valence-electron chi connectivity index (χ2n) is 6.46. The van der Waals surface area contributed by atoms with Crippen molar-refractivity contribution in [2.24, 2.45) is 4.99 Å². The lowest BCUT2D eigenvalue weighted by molar-refractivity contribution is -0.0855. The van der Waals surface area contributed by atoms with Crippen molar-refractivity contribution >= 4 is 40.8 Å². The number of ether oxygens (including phenoxy) is 2. The zero-order valence-corrected chi connectivity index (χ0v) is 17.8. The second-order valence-corrected chi connectivity index (χ2v) is 6.46. The van der Waals surface area contributed by atoms with Crippen molar-refractivity contribution in [1.82, 2.24) is 15.6 Å². The Bertz CT molecular complexity index is 710. The Morgan fingerprint density at radius 2 is 2.04 bits per heavy atom. The third kappa shape index (κ3) is 5.11. The van der Waals surface area contributed by atoms with Crippen LogP contribution in [0.4, 0.5) is 0 Å². The van der Waals surface area contributed by atoms with E-state index in [1.54, 1.807) is 14.2 Å². The predicted octanol–water partition coefficient (Wildman–Crippen LogP) is 2.69. The van der Waals surface area contributed by atoms with Crippen molar-refractivity contribution in [3.63, 3.8) is 0 Å². The summed E-state index contributed by atoms with van der Waals surface area (Å²) in [6, 6.07) is 8.38. The van der Waals surface area contributed by atoms with Crippen molar-refractivity contribution in [3.05, 3.63) is 36.0 Å². The maximum absolute atomic E-state index is 5.76. The molecule has 1 aromatic carbocycles. The van der Waals surface area contributed by atoms with E-state index in [1.165, 1.54) is 16.5 Å². The number of para-hydroxylation sites is 1. The van der Waals surface area contributed by atoms with Crippen molar-refractivity contribution < 1.29 is 9.47 Å². The molecular weight excluding hydrogens is 443 g/mol. The number of halogens is 1. The van der Waals surface area contributed by atoms with Crippen LogP contribution in [0.3, 0.4) is 0 Å². The van der Waals surface area contributed by atoms with Crippen molar-refractivity contribution in [2.75, 3.05) is 40.5 Å². The van der Waals surface area contributed by atoms with Crippen molar-refractivity contribution in [2.45, 2.75) is 24.9 Å².